The highest BCUT2D eigenvalue weighted by atomic mass is 16.1. The molecule has 19 heavy (non-hydrogen) atoms. The summed E-state index contributed by atoms with van der Waals surface area (Å²) < 4.78 is 0. The SMILES string of the molecule is C=Cc1c(CC(C)NC=O)c[nH]c1/C=C\C.NC=O. The number of H-pyrrole nitrogens is 1. The van der Waals surface area contributed by atoms with Gasteiger partial charge in [0, 0.05) is 23.5 Å². The summed E-state index contributed by atoms with van der Waals surface area (Å²) in [4.78, 5) is 22.1. The van der Waals surface area contributed by atoms with Crippen molar-refractivity contribution in [3.05, 3.63) is 35.7 Å². The van der Waals surface area contributed by atoms with Gasteiger partial charge in [-0.1, -0.05) is 18.7 Å². The molecule has 0 fully saturated rings. The maximum Gasteiger partial charge on any atom is 0.207 e. The Hall–Kier alpha value is -2.30. The van der Waals surface area contributed by atoms with Crippen molar-refractivity contribution in [2.75, 3.05) is 0 Å². The zero-order valence-electron chi connectivity index (χ0n) is 11.3. The number of rotatable bonds is 6. The Kier molecular flexibility index (Phi) is 8.53. The fourth-order valence-corrected chi connectivity index (χ4v) is 1.71. The zero-order valence-corrected chi connectivity index (χ0v) is 11.3. The largest absolute Gasteiger partial charge is 0.372 e. The summed E-state index contributed by atoms with van der Waals surface area (Å²) in [7, 11) is 0. The van der Waals surface area contributed by atoms with Gasteiger partial charge in [-0.05, 0) is 31.9 Å². The van der Waals surface area contributed by atoms with Crippen LogP contribution < -0.4 is 11.1 Å². The first-order valence-corrected chi connectivity index (χ1v) is 5.94. The van der Waals surface area contributed by atoms with Crippen LogP contribution in [-0.4, -0.2) is 23.8 Å². The molecule has 0 radical (unpaired) electrons. The molecule has 5 nitrogen and oxygen atoms in total. The van der Waals surface area contributed by atoms with Crippen molar-refractivity contribution >= 4 is 25.0 Å². The average Bonchev–Trinajstić information content (AvgIpc) is 2.73. The molecule has 104 valence electrons. The van der Waals surface area contributed by atoms with Crippen LogP contribution in [0.3, 0.4) is 0 Å². The quantitative estimate of drug-likeness (QED) is 0.679. The number of nitrogens with two attached hydrogens (primary N) is 1. The molecule has 0 saturated carbocycles. The van der Waals surface area contributed by atoms with Gasteiger partial charge in [-0.25, -0.2) is 0 Å². The Labute approximate surface area is 113 Å². The van der Waals surface area contributed by atoms with Crippen LogP contribution in [0.1, 0.15) is 30.7 Å². The molecular formula is C14H21N3O2. The molecule has 1 aromatic rings. The smallest absolute Gasteiger partial charge is 0.207 e. The van der Waals surface area contributed by atoms with Crippen LogP contribution in [0.5, 0.6) is 0 Å². The summed E-state index contributed by atoms with van der Waals surface area (Å²) >= 11 is 0. The number of carbonyl (C=O) groups excluding carboxylic acids is 2. The molecule has 1 unspecified atom stereocenters. The number of amides is 2. The van der Waals surface area contributed by atoms with Crippen molar-refractivity contribution in [2.24, 2.45) is 5.73 Å². The van der Waals surface area contributed by atoms with Crippen molar-refractivity contribution in [1.29, 1.82) is 0 Å². The monoisotopic (exact) mass is 263 g/mol. The molecule has 0 aliphatic rings. The minimum absolute atomic E-state index is 0.130. The molecule has 4 N–H and O–H groups in total. The van der Waals surface area contributed by atoms with E-state index in [2.05, 4.69) is 22.6 Å². The van der Waals surface area contributed by atoms with Gasteiger partial charge in [0.05, 0.1) is 0 Å². The zero-order chi connectivity index (χ0) is 14.7. The lowest BCUT2D eigenvalue weighted by atomic mass is 10.0. The number of allylic oxidation sites excluding steroid dienone is 1. The maximum absolute atomic E-state index is 10.3. The minimum atomic E-state index is 0.130. The van der Waals surface area contributed by atoms with Crippen LogP contribution in [0.4, 0.5) is 0 Å². The molecule has 0 bridgehead atoms. The third kappa shape index (κ3) is 5.72. The Morgan fingerprint density at radius 1 is 1.53 bits per heavy atom. The highest BCUT2D eigenvalue weighted by molar-refractivity contribution is 5.65. The molecule has 2 amide bonds. The highest BCUT2D eigenvalue weighted by Gasteiger charge is 2.09. The van der Waals surface area contributed by atoms with E-state index in [1.807, 2.05) is 38.3 Å². The number of nitrogens with one attached hydrogen (secondary N) is 2. The van der Waals surface area contributed by atoms with Crippen molar-refractivity contribution in [3.8, 4) is 0 Å². The summed E-state index contributed by atoms with van der Waals surface area (Å²) in [6.45, 7) is 7.77. The van der Waals surface area contributed by atoms with Crippen molar-refractivity contribution in [1.82, 2.24) is 10.3 Å². The van der Waals surface area contributed by atoms with Crippen LogP contribution in [-0.2, 0) is 16.0 Å². The van der Waals surface area contributed by atoms with Gasteiger partial charge >= 0.3 is 0 Å². The van der Waals surface area contributed by atoms with Gasteiger partial charge < -0.3 is 16.0 Å². The molecule has 0 aliphatic carbocycles. The molecule has 1 aromatic heterocycles. The first-order chi connectivity index (χ1) is 9.14. The third-order valence-corrected chi connectivity index (χ3v) is 2.45. The maximum atomic E-state index is 10.3. The van der Waals surface area contributed by atoms with Crippen LogP contribution in [0.2, 0.25) is 0 Å². The molecule has 0 aromatic carbocycles. The fraction of sp³-hybridized carbons (Fsp3) is 0.286. The summed E-state index contributed by atoms with van der Waals surface area (Å²) in [5, 5.41) is 2.74. The molecule has 0 saturated heterocycles. The summed E-state index contributed by atoms with van der Waals surface area (Å²) in [5.41, 5.74) is 7.51. The highest BCUT2D eigenvalue weighted by Crippen LogP contribution is 2.18. The summed E-state index contributed by atoms with van der Waals surface area (Å²) in [6, 6.07) is 0.130. The van der Waals surface area contributed by atoms with E-state index in [-0.39, 0.29) is 12.5 Å². The third-order valence-electron chi connectivity index (χ3n) is 2.45. The van der Waals surface area contributed by atoms with E-state index < -0.39 is 0 Å². The predicted molar refractivity (Wildman–Crippen MR) is 78.2 cm³/mol. The van der Waals surface area contributed by atoms with E-state index >= 15 is 0 Å². The van der Waals surface area contributed by atoms with E-state index in [1.165, 1.54) is 5.56 Å². The van der Waals surface area contributed by atoms with E-state index in [0.29, 0.717) is 0 Å². The topological polar surface area (TPSA) is 88.0 Å². The van der Waals surface area contributed by atoms with Gasteiger partial charge in [0.25, 0.3) is 0 Å². The molecule has 0 spiro atoms. The predicted octanol–water partition coefficient (Wildman–Crippen LogP) is 1.47. The number of hydrogen-bond donors (Lipinski definition) is 3. The molecule has 1 heterocycles. The van der Waals surface area contributed by atoms with Crippen molar-refractivity contribution in [2.45, 2.75) is 26.3 Å². The number of carbonyl (C=O) groups is 2. The molecule has 0 aliphatic heterocycles. The van der Waals surface area contributed by atoms with Crippen LogP contribution in [0.25, 0.3) is 12.2 Å². The normalized spacial score (nSPS) is 11.3. The molecule has 1 rings (SSSR count). The number of aromatic nitrogens is 1. The van der Waals surface area contributed by atoms with E-state index in [1.54, 1.807) is 0 Å². The number of hydrogen-bond acceptors (Lipinski definition) is 2. The lowest BCUT2D eigenvalue weighted by molar-refractivity contribution is -0.110. The second-order valence-electron chi connectivity index (χ2n) is 3.87. The van der Waals surface area contributed by atoms with Gasteiger partial charge in [0.1, 0.15) is 0 Å². The molecule has 5 heteroatoms. The molecule has 1 atom stereocenters. The second kappa shape index (κ2) is 9.70. The average molecular weight is 263 g/mol. The minimum Gasteiger partial charge on any atom is -0.372 e. The van der Waals surface area contributed by atoms with Gasteiger partial charge in [-0.3, -0.25) is 9.59 Å². The van der Waals surface area contributed by atoms with Crippen LogP contribution in [0.15, 0.2) is 18.9 Å². The second-order valence-corrected chi connectivity index (χ2v) is 3.87. The Bertz CT molecular complexity index is 436. The van der Waals surface area contributed by atoms with Gasteiger partial charge in [0.15, 0.2) is 0 Å². The Balaban J connectivity index is 0.000000982. The standard InChI is InChI=1S/C13H18N2O.CH3NO/c1-4-6-13-12(5-2)11(8-14-13)7-10(3)15-9-16;2-1-3/h4-6,8-10,14H,2,7H2,1,3H3,(H,15,16);1H,(H2,2,3)/b6-4-;. The number of aromatic amines is 1. The summed E-state index contributed by atoms with van der Waals surface area (Å²) in [5.74, 6) is 0. The van der Waals surface area contributed by atoms with Crippen LogP contribution in [0, 0.1) is 0 Å². The number of primary amides is 1. The molecular weight excluding hydrogens is 242 g/mol. The first-order valence-electron chi connectivity index (χ1n) is 5.94. The van der Waals surface area contributed by atoms with Gasteiger partial charge in [-0.15, -0.1) is 0 Å². The van der Waals surface area contributed by atoms with Gasteiger partial charge in [0.2, 0.25) is 12.8 Å². The lowest BCUT2D eigenvalue weighted by Crippen LogP contribution is -2.26. The summed E-state index contributed by atoms with van der Waals surface area (Å²) in [6.07, 6.45) is 9.59. The van der Waals surface area contributed by atoms with Crippen LogP contribution >= 0.6 is 0 Å². The lowest BCUT2D eigenvalue weighted by Gasteiger charge is -2.09. The van der Waals surface area contributed by atoms with E-state index in [9.17, 15) is 4.79 Å². The van der Waals surface area contributed by atoms with Gasteiger partial charge in [-0.2, -0.15) is 0 Å². The van der Waals surface area contributed by atoms with Crippen molar-refractivity contribution in [3.63, 3.8) is 0 Å². The van der Waals surface area contributed by atoms with Crippen molar-refractivity contribution < 1.29 is 9.59 Å². The van der Waals surface area contributed by atoms with E-state index in [4.69, 9.17) is 4.79 Å². The fourth-order valence-electron chi connectivity index (χ4n) is 1.71. The van der Waals surface area contributed by atoms with E-state index in [0.717, 1.165) is 24.1 Å². The first kappa shape index (κ1) is 16.7. The Morgan fingerprint density at radius 3 is 2.63 bits per heavy atom. The Morgan fingerprint density at radius 2 is 2.16 bits per heavy atom.